The summed E-state index contributed by atoms with van der Waals surface area (Å²) in [7, 11) is -3.69. The maximum atomic E-state index is 11.1. The highest BCUT2D eigenvalue weighted by Crippen LogP contribution is 2.16. The summed E-state index contributed by atoms with van der Waals surface area (Å²) in [6, 6.07) is 2.94. The number of ether oxygens (including phenoxy) is 1. The van der Waals surface area contributed by atoms with E-state index < -0.39 is 10.0 Å². The smallest absolute Gasteiger partial charge is 0.239 e. The van der Waals surface area contributed by atoms with Crippen molar-refractivity contribution in [3.8, 4) is 5.88 Å². The number of rotatable bonds is 8. The predicted molar refractivity (Wildman–Crippen MR) is 74.4 cm³/mol. The topological polar surface area (TPSA) is 82.3 Å². The Hall–Kier alpha value is -1.14. The fourth-order valence-electron chi connectivity index (χ4n) is 1.72. The Kier molecular flexibility index (Phi) is 6.24. The van der Waals surface area contributed by atoms with Crippen LogP contribution in [0.4, 0.5) is 0 Å². The molecule has 0 radical (unpaired) electrons. The van der Waals surface area contributed by atoms with Crippen molar-refractivity contribution in [1.82, 2.24) is 4.98 Å². The van der Waals surface area contributed by atoms with Gasteiger partial charge in [-0.1, -0.05) is 33.1 Å². The highest BCUT2D eigenvalue weighted by atomic mass is 32.2. The molecule has 0 amide bonds. The molecule has 19 heavy (non-hydrogen) atoms. The number of sulfonamides is 1. The van der Waals surface area contributed by atoms with Crippen molar-refractivity contribution < 1.29 is 13.2 Å². The number of hydrogen-bond acceptors (Lipinski definition) is 4. The van der Waals surface area contributed by atoms with E-state index in [1.54, 1.807) is 0 Å². The van der Waals surface area contributed by atoms with Crippen LogP contribution in [-0.4, -0.2) is 20.0 Å². The molecule has 108 valence electrons. The normalized spacial score (nSPS) is 13.2. The van der Waals surface area contributed by atoms with Crippen LogP contribution >= 0.6 is 0 Å². The Morgan fingerprint density at radius 1 is 1.37 bits per heavy atom. The molecule has 2 N–H and O–H groups in total. The van der Waals surface area contributed by atoms with Gasteiger partial charge in [-0.3, -0.25) is 0 Å². The van der Waals surface area contributed by atoms with Crippen LogP contribution in [0.15, 0.2) is 23.2 Å². The Labute approximate surface area is 115 Å². The van der Waals surface area contributed by atoms with E-state index in [9.17, 15) is 8.42 Å². The van der Waals surface area contributed by atoms with E-state index in [1.807, 2.05) is 0 Å². The fourth-order valence-corrected chi connectivity index (χ4v) is 2.18. The van der Waals surface area contributed by atoms with Gasteiger partial charge in [-0.05, 0) is 18.4 Å². The lowest BCUT2D eigenvalue weighted by Crippen LogP contribution is -2.14. The van der Waals surface area contributed by atoms with E-state index in [-0.39, 0.29) is 4.90 Å². The molecule has 0 saturated heterocycles. The lowest BCUT2D eigenvalue weighted by molar-refractivity contribution is 0.225. The average Bonchev–Trinajstić information content (AvgIpc) is 2.38. The summed E-state index contributed by atoms with van der Waals surface area (Å²) in [5.41, 5.74) is 0. The van der Waals surface area contributed by atoms with Crippen LogP contribution in [0, 0.1) is 5.92 Å². The van der Waals surface area contributed by atoms with Crippen LogP contribution in [0.5, 0.6) is 5.88 Å². The molecule has 1 unspecified atom stereocenters. The van der Waals surface area contributed by atoms with E-state index in [0.717, 1.165) is 12.8 Å². The van der Waals surface area contributed by atoms with Gasteiger partial charge in [-0.15, -0.1) is 0 Å². The Morgan fingerprint density at radius 2 is 2.11 bits per heavy atom. The zero-order valence-electron chi connectivity index (χ0n) is 11.5. The number of hydrogen-bond donors (Lipinski definition) is 1. The SMILES string of the molecule is CCCCC(CC)COc1ccc(S(N)(=O)=O)cn1. The van der Waals surface area contributed by atoms with Gasteiger partial charge in [-0.2, -0.15) is 0 Å². The van der Waals surface area contributed by atoms with E-state index in [1.165, 1.54) is 31.2 Å². The standard InChI is InChI=1S/C13H22N2O3S/c1-3-5-6-11(4-2)10-18-13-8-7-12(9-15-13)19(14,16)17/h7-9,11H,3-6,10H2,1-2H3,(H2,14,16,17). The maximum Gasteiger partial charge on any atom is 0.239 e. The third kappa shape index (κ3) is 5.57. The molecule has 0 bridgehead atoms. The molecule has 6 heteroatoms. The average molecular weight is 286 g/mol. The monoisotopic (exact) mass is 286 g/mol. The second kappa shape index (κ2) is 7.45. The molecule has 5 nitrogen and oxygen atoms in total. The number of nitrogens with zero attached hydrogens (tertiary/aromatic N) is 1. The van der Waals surface area contributed by atoms with Gasteiger partial charge in [0, 0.05) is 6.07 Å². The molecule has 1 atom stereocenters. The number of primary sulfonamides is 1. The van der Waals surface area contributed by atoms with Crippen molar-refractivity contribution in [3.63, 3.8) is 0 Å². The molecule has 0 spiro atoms. The molecule has 0 aliphatic carbocycles. The first kappa shape index (κ1) is 15.9. The minimum absolute atomic E-state index is 0.00197. The van der Waals surface area contributed by atoms with E-state index in [2.05, 4.69) is 18.8 Å². The number of pyridine rings is 1. The zero-order chi connectivity index (χ0) is 14.3. The van der Waals surface area contributed by atoms with Crippen molar-refractivity contribution in [3.05, 3.63) is 18.3 Å². The molecule has 0 aliphatic rings. The van der Waals surface area contributed by atoms with Gasteiger partial charge >= 0.3 is 0 Å². The summed E-state index contributed by atoms with van der Waals surface area (Å²) in [5.74, 6) is 0.946. The molecule has 0 fully saturated rings. The molecule has 0 aliphatic heterocycles. The highest BCUT2D eigenvalue weighted by molar-refractivity contribution is 7.89. The first-order valence-corrected chi connectivity index (χ1v) is 8.13. The van der Waals surface area contributed by atoms with Gasteiger partial charge in [0.2, 0.25) is 15.9 Å². The largest absolute Gasteiger partial charge is 0.477 e. The summed E-state index contributed by atoms with van der Waals surface area (Å²) in [5, 5.41) is 5.00. The van der Waals surface area contributed by atoms with Crippen LogP contribution in [0.1, 0.15) is 39.5 Å². The van der Waals surface area contributed by atoms with Crippen LogP contribution in [-0.2, 0) is 10.0 Å². The van der Waals surface area contributed by atoms with Gasteiger partial charge in [0.15, 0.2) is 0 Å². The third-order valence-electron chi connectivity index (χ3n) is 3.05. The van der Waals surface area contributed by atoms with Gasteiger partial charge in [0.25, 0.3) is 0 Å². The van der Waals surface area contributed by atoms with Crippen molar-refractivity contribution >= 4 is 10.0 Å². The molecule has 1 heterocycles. The van der Waals surface area contributed by atoms with E-state index in [0.29, 0.717) is 18.4 Å². The molecule has 0 saturated carbocycles. The summed E-state index contributed by atoms with van der Waals surface area (Å²) in [6.45, 7) is 4.92. The Morgan fingerprint density at radius 3 is 2.58 bits per heavy atom. The van der Waals surface area contributed by atoms with Crippen LogP contribution in [0.25, 0.3) is 0 Å². The molecule has 1 aromatic heterocycles. The van der Waals surface area contributed by atoms with Crippen molar-refractivity contribution in [1.29, 1.82) is 0 Å². The van der Waals surface area contributed by atoms with Gasteiger partial charge in [-0.25, -0.2) is 18.5 Å². The summed E-state index contributed by atoms with van der Waals surface area (Å²) >= 11 is 0. The number of nitrogens with two attached hydrogens (primary N) is 1. The maximum absolute atomic E-state index is 11.1. The number of aromatic nitrogens is 1. The Balaban J connectivity index is 2.53. The van der Waals surface area contributed by atoms with E-state index >= 15 is 0 Å². The summed E-state index contributed by atoms with van der Waals surface area (Å²) in [4.78, 5) is 3.95. The molecule has 1 aromatic rings. The second-order valence-corrected chi connectivity index (χ2v) is 6.17. The quantitative estimate of drug-likeness (QED) is 0.795. The van der Waals surface area contributed by atoms with Crippen molar-refractivity contribution in [2.45, 2.75) is 44.4 Å². The second-order valence-electron chi connectivity index (χ2n) is 4.60. The fraction of sp³-hybridized carbons (Fsp3) is 0.615. The van der Waals surface area contributed by atoms with Gasteiger partial charge in [0.05, 0.1) is 12.8 Å². The van der Waals surface area contributed by atoms with Crippen molar-refractivity contribution in [2.24, 2.45) is 11.1 Å². The first-order valence-electron chi connectivity index (χ1n) is 6.59. The third-order valence-corrected chi connectivity index (χ3v) is 3.95. The number of unbranched alkanes of at least 4 members (excludes halogenated alkanes) is 1. The van der Waals surface area contributed by atoms with Gasteiger partial charge < -0.3 is 4.74 Å². The summed E-state index contributed by atoms with van der Waals surface area (Å²) < 4.78 is 27.7. The highest BCUT2D eigenvalue weighted by Gasteiger charge is 2.10. The predicted octanol–water partition coefficient (Wildman–Crippen LogP) is 2.32. The minimum Gasteiger partial charge on any atom is -0.477 e. The van der Waals surface area contributed by atoms with Gasteiger partial charge in [0.1, 0.15) is 4.90 Å². The van der Waals surface area contributed by atoms with Crippen LogP contribution < -0.4 is 9.88 Å². The lowest BCUT2D eigenvalue weighted by Gasteiger charge is -2.14. The molecule has 0 aromatic carbocycles. The van der Waals surface area contributed by atoms with Crippen LogP contribution in [0.2, 0.25) is 0 Å². The van der Waals surface area contributed by atoms with Crippen molar-refractivity contribution in [2.75, 3.05) is 6.61 Å². The minimum atomic E-state index is -3.69. The Bertz CT molecular complexity index is 471. The molecular formula is C13H22N2O3S. The van der Waals surface area contributed by atoms with E-state index in [4.69, 9.17) is 9.88 Å². The molecule has 1 rings (SSSR count). The zero-order valence-corrected chi connectivity index (χ0v) is 12.3. The summed E-state index contributed by atoms with van der Waals surface area (Å²) in [6.07, 6.45) is 5.80. The lowest BCUT2D eigenvalue weighted by atomic mass is 10.0. The van der Waals surface area contributed by atoms with Crippen LogP contribution in [0.3, 0.4) is 0 Å². The molecular weight excluding hydrogens is 264 g/mol. The first-order chi connectivity index (χ1) is 8.97.